The quantitative estimate of drug-likeness (QED) is 0.834. The van der Waals surface area contributed by atoms with Gasteiger partial charge in [-0.05, 0) is 13.0 Å². The topological polar surface area (TPSA) is 89.0 Å². The van der Waals surface area contributed by atoms with Crippen molar-refractivity contribution in [1.82, 2.24) is 9.88 Å². The van der Waals surface area contributed by atoms with E-state index in [1.807, 2.05) is 0 Å². The largest absolute Gasteiger partial charge is 0.480 e. The number of likely N-dealkylation sites (N-methyl/N-ethyl adjacent to an activating group) is 1. The summed E-state index contributed by atoms with van der Waals surface area (Å²) in [6.07, 6.45) is 2.22. The highest BCUT2D eigenvalue weighted by Gasteiger charge is 2.20. The third-order valence-electron chi connectivity index (χ3n) is 3.15. The van der Waals surface area contributed by atoms with E-state index in [0.717, 1.165) is 6.42 Å². The lowest BCUT2D eigenvalue weighted by atomic mass is 10.2. The summed E-state index contributed by atoms with van der Waals surface area (Å²) in [4.78, 5) is 28.3. The molecule has 1 amide bonds. The van der Waals surface area contributed by atoms with E-state index in [2.05, 4.69) is 4.98 Å². The Morgan fingerprint density at radius 1 is 1.57 bits per heavy atom. The van der Waals surface area contributed by atoms with Crippen LogP contribution in [0.4, 0.5) is 0 Å². The molecule has 0 radical (unpaired) electrons. The summed E-state index contributed by atoms with van der Waals surface area (Å²) >= 11 is 0. The molecule has 0 aliphatic carbocycles. The van der Waals surface area contributed by atoms with Crippen LogP contribution in [-0.2, 0) is 9.53 Å². The van der Waals surface area contributed by atoms with Crippen molar-refractivity contribution < 1.29 is 24.2 Å². The first-order chi connectivity index (χ1) is 10.1. The van der Waals surface area contributed by atoms with E-state index < -0.39 is 5.97 Å². The van der Waals surface area contributed by atoms with Gasteiger partial charge >= 0.3 is 5.97 Å². The maximum atomic E-state index is 12.3. The minimum Gasteiger partial charge on any atom is -0.480 e. The zero-order chi connectivity index (χ0) is 15.2. The summed E-state index contributed by atoms with van der Waals surface area (Å²) < 4.78 is 10.9. The van der Waals surface area contributed by atoms with Crippen LogP contribution in [0.3, 0.4) is 0 Å². The number of aromatic nitrogens is 1. The molecule has 1 aliphatic rings. The number of aliphatic carboxylic acids is 1. The molecule has 7 heteroatoms. The molecule has 2 rings (SSSR count). The van der Waals surface area contributed by atoms with Crippen LogP contribution in [0.25, 0.3) is 0 Å². The molecule has 1 saturated heterocycles. The second kappa shape index (κ2) is 7.03. The van der Waals surface area contributed by atoms with Crippen LogP contribution >= 0.6 is 0 Å². The molecule has 1 N–H and O–H groups in total. The zero-order valence-electron chi connectivity index (χ0n) is 11.8. The fourth-order valence-corrected chi connectivity index (χ4v) is 2.06. The normalized spacial score (nSPS) is 17.5. The summed E-state index contributed by atoms with van der Waals surface area (Å²) in [5.41, 5.74) is 0.363. The summed E-state index contributed by atoms with van der Waals surface area (Å²) in [5.74, 6) is -1.05. The zero-order valence-corrected chi connectivity index (χ0v) is 11.8. The van der Waals surface area contributed by atoms with E-state index >= 15 is 0 Å². The van der Waals surface area contributed by atoms with Crippen molar-refractivity contribution in [2.24, 2.45) is 0 Å². The highest BCUT2D eigenvalue weighted by molar-refractivity contribution is 5.96. The molecule has 114 valence electrons. The first-order valence-corrected chi connectivity index (χ1v) is 6.81. The second-order valence-corrected chi connectivity index (χ2v) is 4.70. The Kier molecular flexibility index (Phi) is 5.10. The number of carbonyl (C=O) groups is 2. The number of hydrogen-bond acceptors (Lipinski definition) is 5. The average molecular weight is 294 g/mol. The molecule has 7 nitrogen and oxygen atoms in total. The van der Waals surface area contributed by atoms with E-state index in [9.17, 15) is 9.59 Å². The predicted octanol–water partition coefficient (Wildman–Crippen LogP) is 0.796. The van der Waals surface area contributed by atoms with Gasteiger partial charge in [-0.25, -0.2) is 4.98 Å². The third-order valence-corrected chi connectivity index (χ3v) is 3.15. The van der Waals surface area contributed by atoms with Crippen molar-refractivity contribution in [3.05, 3.63) is 23.9 Å². The van der Waals surface area contributed by atoms with Gasteiger partial charge in [-0.2, -0.15) is 0 Å². The maximum absolute atomic E-state index is 12.3. The first-order valence-electron chi connectivity index (χ1n) is 6.81. The fourth-order valence-electron chi connectivity index (χ4n) is 2.06. The molecule has 0 bridgehead atoms. The van der Waals surface area contributed by atoms with Gasteiger partial charge in [-0.15, -0.1) is 0 Å². The van der Waals surface area contributed by atoms with Crippen LogP contribution in [0, 0.1) is 0 Å². The predicted molar refractivity (Wildman–Crippen MR) is 73.3 cm³/mol. The molecule has 0 saturated carbocycles. The molecule has 1 atom stereocenters. The Balaban J connectivity index is 2.07. The molecule has 0 spiro atoms. The van der Waals surface area contributed by atoms with Crippen LogP contribution in [0.15, 0.2) is 18.3 Å². The van der Waals surface area contributed by atoms with E-state index in [-0.39, 0.29) is 18.6 Å². The van der Waals surface area contributed by atoms with Crippen molar-refractivity contribution >= 4 is 11.9 Å². The van der Waals surface area contributed by atoms with Crippen LogP contribution in [0.1, 0.15) is 23.7 Å². The van der Waals surface area contributed by atoms with E-state index in [1.54, 1.807) is 13.0 Å². The van der Waals surface area contributed by atoms with Gasteiger partial charge in [0.25, 0.3) is 5.91 Å². The molecule has 1 aromatic rings. The van der Waals surface area contributed by atoms with Gasteiger partial charge in [0, 0.05) is 30.8 Å². The number of rotatable bonds is 6. The minimum absolute atomic E-state index is 0.0517. The number of carboxylic acid groups (broad SMARTS) is 1. The highest BCUT2D eigenvalue weighted by atomic mass is 16.5. The molecule has 1 fully saturated rings. The van der Waals surface area contributed by atoms with E-state index in [0.29, 0.717) is 31.2 Å². The summed E-state index contributed by atoms with van der Waals surface area (Å²) in [6.45, 7) is 2.89. The lowest BCUT2D eigenvalue weighted by Crippen LogP contribution is -2.35. The van der Waals surface area contributed by atoms with Crippen LogP contribution in [0.2, 0.25) is 0 Å². The third kappa shape index (κ3) is 4.16. The Morgan fingerprint density at radius 3 is 3.00 bits per heavy atom. The lowest BCUT2D eigenvalue weighted by molar-refractivity contribution is -0.137. The van der Waals surface area contributed by atoms with Gasteiger partial charge in [-0.3, -0.25) is 9.59 Å². The molecule has 0 aromatic carbocycles. The Labute approximate surface area is 122 Å². The van der Waals surface area contributed by atoms with Crippen molar-refractivity contribution in [3.63, 3.8) is 0 Å². The van der Waals surface area contributed by atoms with Crippen molar-refractivity contribution in [2.45, 2.75) is 19.4 Å². The number of amides is 1. The van der Waals surface area contributed by atoms with E-state index in [1.165, 1.54) is 17.2 Å². The first kappa shape index (κ1) is 15.2. The molecule has 1 unspecified atom stereocenters. The van der Waals surface area contributed by atoms with E-state index in [4.69, 9.17) is 14.6 Å². The minimum atomic E-state index is -1.04. The van der Waals surface area contributed by atoms with Gasteiger partial charge in [0.05, 0.1) is 13.2 Å². The van der Waals surface area contributed by atoms with Gasteiger partial charge < -0.3 is 19.5 Å². The van der Waals surface area contributed by atoms with Crippen molar-refractivity contribution in [2.75, 3.05) is 26.3 Å². The SMILES string of the molecule is CCN(CC(=O)O)C(=O)c1ccnc(OC2CCOC2)c1. The number of nitrogens with zero attached hydrogens (tertiary/aromatic N) is 2. The standard InChI is InChI=1S/C14H18N2O5/c1-2-16(8-13(17)18)14(19)10-3-5-15-12(7-10)21-11-4-6-20-9-11/h3,5,7,11H,2,4,6,8-9H2,1H3,(H,17,18). The van der Waals surface area contributed by atoms with Gasteiger partial charge in [0.15, 0.2) is 0 Å². The number of pyridine rings is 1. The average Bonchev–Trinajstić information content (AvgIpc) is 2.97. The van der Waals surface area contributed by atoms with Crippen molar-refractivity contribution in [3.8, 4) is 5.88 Å². The Morgan fingerprint density at radius 2 is 2.38 bits per heavy atom. The van der Waals surface area contributed by atoms with Crippen molar-refractivity contribution in [1.29, 1.82) is 0 Å². The molecular formula is C14H18N2O5. The molecule has 1 aromatic heterocycles. The molecule has 2 heterocycles. The summed E-state index contributed by atoms with van der Waals surface area (Å²) in [5, 5.41) is 8.81. The maximum Gasteiger partial charge on any atom is 0.323 e. The number of carbonyl (C=O) groups excluding carboxylic acids is 1. The fraction of sp³-hybridized carbons (Fsp3) is 0.500. The second-order valence-electron chi connectivity index (χ2n) is 4.70. The van der Waals surface area contributed by atoms with Gasteiger partial charge in [0.2, 0.25) is 5.88 Å². The molecule has 1 aliphatic heterocycles. The molecule has 21 heavy (non-hydrogen) atoms. The Hall–Kier alpha value is -2.15. The number of carboxylic acids is 1. The van der Waals surface area contributed by atoms with Crippen LogP contribution in [0.5, 0.6) is 5.88 Å². The molecular weight excluding hydrogens is 276 g/mol. The highest BCUT2D eigenvalue weighted by Crippen LogP contribution is 2.16. The summed E-state index contributed by atoms with van der Waals surface area (Å²) in [6, 6.07) is 3.08. The smallest absolute Gasteiger partial charge is 0.323 e. The van der Waals surface area contributed by atoms with Gasteiger partial charge in [-0.1, -0.05) is 0 Å². The number of ether oxygens (including phenoxy) is 2. The van der Waals surface area contributed by atoms with Crippen LogP contribution < -0.4 is 4.74 Å². The monoisotopic (exact) mass is 294 g/mol. The van der Waals surface area contributed by atoms with Gasteiger partial charge in [0.1, 0.15) is 12.6 Å². The summed E-state index contributed by atoms with van der Waals surface area (Å²) in [7, 11) is 0. The number of hydrogen-bond donors (Lipinski definition) is 1. The Bertz CT molecular complexity index is 514. The van der Waals surface area contributed by atoms with Crippen LogP contribution in [-0.4, -0.2) is 59.3 Å². The lowest BCUT2D eigenvalue weighted by Gasteiger charge is -2.19.